The van der Waals surface area contributed by atoms with Crippen molar-refractivity contribution in [1.82, 2.24) is 10.9 Å². The maximum absolute atomic E-state index is 12.0. The van der Waals surface area contributed by atoms with Gasteiger partial charge in [-0.15, -0.1) is 0 Å². The van der Waals surface area contributed by atoms with Crippen molar-refractivity contribution in [2.45, 2.75) is 0 Å². The van der Waals surface area contributed by atoms with E-state index in [9.17, 15) is 9.59 Å². The minimum absolute atomic E-state index is 0.216. The van der Waals surface area contributed by atoms with Crippen LogP contribution in [0.25, 0.3) is 17.2 Å². The lowest BCUT2D eigenvalue weighted by Crippen LogP contribution is -2.43. The van der Waals surface area contributed by atoms with E-state index >= 15 is 0 Å². The molecule has 2 N–H and O–H groups in total. The predicted octanol–water partition coefficient (Wildman–Crippen LogP) is 3.59. The van der Waals surface area contributed by atoms with Crippen LogP contribution in [0.1, 0.15) is 5.56 Å². The van der Waals surface area contributed by atoms with Gasteiger partial charge in [-0.25, -0.2) is 0 Å². The van der Waals surface area contributed by atoms with Crippen LogP contribution in [0.4, 0.5) is 0 Å². The van der Waals surface area contributed by atoms with Crippen LogP contribution in [0.5, 0.6) is 5.75 Å². The van der Waals surface area contributed by atoms with Crippen LogP contribution in [0.2, 0.25) is 0 Å². The summed E-state index contributed by atoms with van der Waals surface area (Å²) in [5, 5.41) is 0. The van der Waals surface area contributed by atoms with Crippen LogP contribution >= 0.6 is 0 Å². The maximum Gasteiger partial charge on any atom is 0.276 e. The number of benzene rings is 3. The summed E-state index contributed by atoms with van der Waals surface area (Å²) in [5.74, 6) is -0.287. The Labute approximate surface area is 163 Å². The van der Waals surface area contributed by atoms with Gasteiger partial charge in [0.05, 0.1) is 0 Å². The van der Waals surface area contributed by atoms with Crippen molar-refractivity contribution in [3.63, 3.8) is 0 Å². The summed E-state index contributed by atoms with van der Waals surface area (Å²) in [5.41, 5.74) is 7.45. The molecule has 28 heavy (non-hydrogen) atoms. The number of rotatable bonds is 6. The van der Waals surface area contributed by atoms with Crippen molar-refractivity contribution in [3.05, 3.63) is 96.6 Å². The van der Waals surface area contributed by atoms with E-state index in [1.807, 2.05) is 78.9 Å². The number of carbonyl (C=O) groups excluding carboxylic acids is 2. The molecule has 0 unspecified atom stereocenters. The first kappa shape index (κ1) is 18.9. The van der Waals surface area contributed by atoms with Crippen LogP contribution in [0.15, 0.2) is 91.0 Å². The van der Waals surface area contributed by atoms with E-state index in [0.717, 1.165) is 16.7 Å². The number of para-hydroxylation sites is 1. The number of hydrogen-bond donors (Lipinski definition) is 2. The van der Waals surface area contributed by atoms with Crippen LogP contribution in [0, 0.1) is 0 Å². The molecule has 0 fully saturated rings. The molecule has 2 amide bonds. The second-order valence-corrected chi connectivity index (χ2v) is 5.93. The number of ether oxygens (including phenoxy) is 1. The zero-order valence-corrected chi connectivity index (χ0v) is 15.2. The van der Waals surface area contributed by atoms with Gasteiger partial charge in [0, 0.05) is 11.6 Å². The second kappa shape index (κ2) is 9.73. The highest BCUT2D eigenvalue weighted by atomic mass is 16.5. The van der Waals surface area contributed by atoms with Crippen molar-refractivity contribution in [2.75, 3.05) is 6.61 Å². The number of hydrazine groups is 1. The molecule has 140 valence electrons. The molecule has 0 aliphatic rings. The van der Waals surface area contributed by atoms with Crippen molar-refractivity contribution >= 4 is 17.9 Å². The highest BCUT2D eigenvalue weighted by Crippen LogP contribution is 2.29. The average Bonchev–Trinajstić information content (AvgIpc) is 2.76. The molecule has 0 atom stereocenters. The molecule has 0 bridgehead atoms. The monoisotopic (exact) mass is 372 g/mol. The molecule has 3 rings (SSSR count). The van der Waals surface area contributed by atoms with E-state index in [1.165, 1.54) is 6.08 Å². The molecule has 0 aromatic heterocycles. The van der Waals surface area contributed by atoms with Crippen molar-refractivity contribution < 1.29 is 14.3 Å². The van der Waals surface area contributed by atoms with E-state index in [-0.39, 0.29) is 6.61 Å². The van der Waals surface area contributed by atoms with Crippen molar-refractivity contribution in [2.24, 2.45) is 0 Å². The molecule has 0 radical (unpaired) electrons. The summed E-state index contributed by atoms with van der Waals surface area (Å²) in [6, 6.07) is 26.7. The van der Waals surface area contributed by atoms with E-state index < -0.39 is 11.8 Å². The fraction of sp³-hybridized carbons (Fsp3) is 0.0435. The second-order valence-electron chi connectivity index (χ2n) is 5.93. The summed E-state index contributed by atoms with van der Waals surface area (Å²) in [4.78, 5) is 23.7. The summed E-state index contributed by atoms with van der Waals surface area (Å²) in [7, 11) is 0. The SMILES string of the molecule is O=C(C=Cc1ccccc1)NNC(=O)COc1ccccc1-c1ccccc1. The van der Waals surface area contributed by atoms with Crippen LogP contribution in [-0.4, -0.2) is 18.4 Å². The van der Waals surface area contributed by atoms with Gasteiger partial charge in [0.2, 0.25) is 0 Å². The number of carbonyl (C=O) groups is 2. The van der Waals surface area contributed by atoms with Gasteiger partial charge in [0.1, 0.15) is 5.75 Å². The predicted molar refractivity (Wildman–Crippen MR) is 109 cm³/mol. The zero-order chi connectivity index (χ0) is 19.6. The molecule has 0 heterocycles. The van der Waals surface area contributed by atoms with Gasteiger partial charge in [-0.05, 0) is 23.3 Å². The minimum atomic E-state index is -0.454. The quantitative estimate of drug-likeness (QED) is 0.513. The first-order chi connectivity index (χ1) is 13.7. The van der Waals surface area contributed by atoms with Gasteiger partial charge < -0.3 is 4.74 Å². The molecule has 0 saturated carbocycles. The fourth-order valence-corrected chi connectivity index (χ4v) is 2.54. The molecular formula is C23H20N2O3. The molecule has 5 heteroatoms. The summed E-state index contributed by atoms with van der Waals surface area (Å²) in [6.07, 6.45) is 3.01. The minimum Gasteiger partial charge on any atom is -0.483 e. The Balaban J connectivity index is 1.50. The summed E-state index contributed by atoms with van der Waals surface area (Å²) < 4.78 is 5.63. The third-order valence-corrected chi connectivity index (χ3v) is 3.88. The van der Waals surface area contributed by atoms with Gasteiger partial charge in [-0.3, -0.25) is 20.4 Å². The first-order valence-electron chi connectivity index (χ1n) is 8.81. The van der Waals surface area contributed by atoms with Gasteiger partial charge in [0.15, 0.2) is 6.61 Å². The molecule has 0 aliphatic carbocycles. The van der Waals surface area contributed by atoms with E-state index in [2.05, 4.69) is 10.9 Å². The van der Waals surface area contributed by atoms with E-state index in [0.29, 0.717) is 5.75 Å². The van der Waals surface area contributed by atoms with Crippen molar-refractivity contribution in [1.29, 1.82) is 0 Å². The molecule has 0 aliphatic heterocycles. The molecule has 0 saturated heterocycles. The molecule has 3 aromatic carbocycles. The lowest BCUT2D eigenvalue weighted by molar-refractivity contribution is -0.128. The fourth-order valence-electron chi connectivity index (χ4n) is 2.54. The summed E-state index contributed by atoms with van der Waals surface area (Å²) >= 11 is 0. The highest BCUT2D eigenvalue weighted by molar-refractivity contribution is 5.93. The maximum atomic E-state index is 12.0. The zero-order valence-electron chi connectivity index (χ0n) is 15.2. The third kappa shape index (κ3) is 5.57. The Morgan fingerprint density at radius 3 is 2.18 bits per heavy atom. The number of amides is 2. The van der Waals surface area contributed by atoms with Crippen LogP contribution in [0.3, 0.4) is 0 Å². The van der Waals surface area contributed by atoms with Gasteiger partial charge in [0.25, 0.3) is 11.8 Å². The Morgan fingerprint density at radius 1 is 0.786 bits per heavy atom. The number of nitrogens with one attached hydrogen (secondary N) is 2. The Bertz CT molecular complexity index is 954. The van der Waals surface area contributed by atoms with Gasteiger partial charge in [-0.1, -0.05) is 78.9 Å². The molecule has 0 spiro atoms. The van der Waals surface area contributed by atoms with E-state index in [4.69, 9.17) is 4.74 Å². The lowest BCUT2D eigenvalue weighted by Gasteiger charge is -2.12. The first-order valence-corrected chi connectivity index (χ1v) is 8.81. The average molecular weight is 372 g/mol. The highest BCUT2D eigenvalue weighted by Gasteiger charge is 2.08. The van der Waals surface area contributed by atoms with Crippen molar-refractivity contribution in [3.8, 4) is 16.9 Å². The smallest absolute Gasteiger partial charge is 0.276 e. The normalized spacial score (nSPS) is 10.4. The number of hydrogen-bond acceptors (Lipinski definition) is 3. The Hall–Kier alpha value is -3.86. The van der Waals surface area contributed by atoms with Gasteiger partial charge >= 0.3 is 0 Å². The van der Waals surface area contributed by atoms with Gasteiger partial charge in [-0.2, -0.15) is 0 Å². The Kier molecular flexibility index (Phi) is 6.57. The molecule has 5 nitrogen and oxygen atoms in total. The van der Waals surface area contributed by atoms with Crippen LogP contribution in [-0.2, 0) is 9.59 Å². The summed E-state index contributed by atoms with van der Waals surface area (Å²) in [6.45, 7) is -0.216. The standard InChI is InChI=1S/C23H20N2O3/c26-22(16-15-18-9-3-1-4-10-18)24-25-23(27)17-28-21-14-8-7-13-20(21)19-11-5-2-6-12-19/h1-16H,17H2,(H,24,26)(H,25,27). The molecular weight excluding hydrogens is 352 g/mol. The third-order valence-electron chi connectivity index (χ3n) is 3.88. The lowest BCUT2D eigenvalue weighted by atomic mass is 10.1. The van der Waals surface area contributed by atoms with Crippen LogP contribution < -0.4 is 15.6 Å². The topological polar surface area (TPSA) is 67.4 Å². The molecule has 3 aromatic rings. The Morgan fingerprint density at radius 2 is 1.43 bits per heavy atom. The largest absolute Gasteiger partial charge is 0.483 e. The van der Waals surface area contributed by atoms with E-state index in [1.54, 1.807) is 12.1 Å².